The van der Waals surface area contributed by atoms with E-state index in [9.17, 15) is 9.90 Å². The van der Waals surface area contributed by atoms with Gasteiger partial charge in [-0.1, -0.05) is 12.8 Å². The number of hydrogen-bond donors (Lipinski definition) is 2. The van der Waals surface area contributed by atoms with E-state index in [4.69, 9.17) is 4.74 Å². The summed E-state index contributed by atoms with van der Waals surface area (Å²) in [5.41, 5.74) is -0.473. The Kier molecular flexibility index (Phi) is 3.56. The first-order chi connectivity index (χ1) is 9.14. The molecule has 2 atom stereocenters. The van der Waals surface area contributed by atoms with Gasteiger partial charge in [0.05, 0.1) is 17.1 Å². The van der Waals surface area contributed by atoms with Gasteiger partial charge >= 0.3 is 5.97 Å². The smallest absolute Gasteiger partial charge is 0.311 e. The third kappa shape index (κ3) is 2.52. The summed E-state index contributed by atoms with van der Waals surface area (Å²) in [4.78, 5) is 11.7. The third-order valence-electron chi connectivity index (χ3n) is 5.40. The fourth-order valence-corrected chi connectivity index (χ4v) is 4.27. The molecule has 0 amide bonds. The van der Waals surface area contributed by atoms with Crippen molar-refractivity contribution in [2.24, 2.45) is 5.41 Å². The molecule has 19 heavy (non-hydrogen) atoms. The molecule has 4 heteroatoms. The van der Waals surface area contributed by atoms with Crippen LogP contribution in [0.4, 0.5) is 0 Å². The van der Waals surface area contributed by atoms with Crippen molar-refractivity contribution in [2.45, 2.75) is 69.5 Å². The first-order valence-electron chi connectivity index (χ1n) is 7.76. The maximum absolute atomic E-state index is 11.7. The maximum atomic E-state index is 11.7. The van der Waals surface area contributed by atoms with E-state index in [1.165, 1.54) is 25.7 Å². The minimum atomic E-state index is -0.643. The van der Waals surface area contributed by atoms with E-state index in [0.717, 1.165) is 32.2 Å². The Morgan fingerprint density at radius 2 is 2.00 bits per heavy atom. The molecule has 2 saturated heterocycles. The highest BCUT2D eigenvalue weighted by molar-refractivity contribution is 5.75. The van der Waals surface area contributed by atoms with Gasteiger partial charge < -0.3 is 15.2 Å². The van der Waals surface area contributed by atoms with Crippen molar-refractivity contribution in [3.63, 3.8) is 0 Å². The number of hydrogen-bond acceptors (Lipinski definition) is 3. The molecule has 3 fully saturated rings. The lowest BCUT2D eigenvalue weighted by Gasteiger charge is -2.36. The highest BCUT2D eigenvalue weighted by Gasteiger charge is 2.47. The van der Waals surface area contributed by atoms with E-state index in [0.29, 0.717) is 13.0 Å². The van der Waals surface area contributed by atoms with Crippen molar-refractivity contribution < 1.29 is 14.6 Å². The Labute approximate surface area is 114 Å². The second-order valence-electron chi connectivity index (χ2n) is 6.74. The van der Waals surface area contributed by atoms with E-state index >= 15 is 0 Å². The quantitative estimate of drug-likeness (QED) is 0.824. The zero-order valence-electron chi connectivity index (χ0n) is 11.6. The van der Waals surface area contributed by atoms with Crippen LogP contribution in [0.2, 0.25) is 0 Å². The zero-order valence-corrected chi connectivity index (χ0v) is 11.6. The van der Waals surface area contributed by atoms with Crippen molar-refractivity contribution in [3.8, 4) is 0 Å². The van der Waals surface area contributed by atoms with Crippen LogP contribution in [0.25, 0.3) is 0 Å². The monoisotopic (exact) mass is 267 g/mol. The van der Waals surface area contributed by atoms with Crippen LogP contribution < -0.4 is 5.32 Å². The Morgan fingerprint density at radius 3 is 2.63 bits per heavy atom. The van der Waals surface area contributed by atoms with E-state index < -0.39 is 11.4 Å². The van der Waals surface area contributed by atoms with Gasteiger partial charge in [0.2, 0.25) is 0 Å². The summed E-state index contributed by atoms with van der Waals surface area (Å²) in [5.74, 6) is -0.643. The third-order valence-corrected chi connectivity index (χ3v) is 5.40. The number of ether oxygens (including phenoxy) is 1. The van der Waals surface area contributed by atoms with Gasteiger partial charge in [-0.2, -0.15) is 0 Å². The molecule has 2 heterocycles. The molecule has 2 unspecified atom stereocenters. The van der Waals surface area contributed by atoms with Crippen LogP contribution in [0.15, 0.2) is 0 Å². The van der Waals surface area contributed by atoms with Gasteiger partial charge in [-0.3, -0.25) is 4.79 Å². The van der Waals surface area contributed by atoms with Crippen LogP contribution in [0.5, 0.6) is 0 Å². The Morgan fingerprint density at radius 1 is 1.21 bits per heavy atom. The van der Waals surface area contributed by atoms with Gasteiger partial charge in [-0.05, 0) is 51.5 Å². The lowest BCUT2D eigenvalue weighted by molar-refractivity contribution is -0.154. The van der Waals surface area contributed by atoms with Crippen molar-refractivity contribution in [1.82, 2.24) is 5.32 Å². The first-order valence-corrected chi connectivity index (χ1v) is 7.76. The molecular weight excluding hydrogens is 242 g/mol. The van der Waals surface area contributed by atoms with Crippen molar-refractivity contribution in [3.05, 3.63) is 0 Å². The van der Waals surface area contributed by atoms with Crippen LogP contribution in [0, 0.1) is 5.41 Å². The molecule has 1 aliphatic carbocycles. The predicted octanol–water partition coefficient (Wildman–Crippen LogP) is 2.32. The standard InChI is InChI=1S/C15H25NO3/c17-13(18)14(5-3-9-16-11-14)10-12-4-8-15(19-12)6-1-2-7-15/h12,16H,1-11H2,(H,17,18). The molecule has 0 bridgehead atoms. The van der Waals surface area contributed by atoms with Gasteiger partial charge in [-0.25, -0.2) is 0 Å². The number of rotatable bonds is 3. The summed E-state index contributed by atoms with van der Waals surface area (Å²) >= 11 is 0. The summed E-state index contributed by atoms with van der Waals surface area (Å²) in [7, 11) is 0. The van der Waals surface area contributed by atoms with Crippen LogP contribution in [0.3, 0.4) is 0 Å². The maximum Gasteiger partial charge on any atom is 0.311 e. The van der Waals surface area contributed by atoms with Crippen molar-refractivity contribution in [2.75, 3.05) is 13.1 Å². The molecule has 1 saturated carbocycles. The van der Waals surface area contributed by atoms with Crippen molar-refractivity contribution in [1.29, 1.82) is 0 Å². The molecule has 0 aromatic rings. The summed E-state index contributed by atoms with van der Waals surface area (Å²) < 4.78 is 6.30. The molecule has 2 aliphatic heterocycles. The Bertz CT molecular complexity index is 343. The molecule has 3 rings (SSSR count). The lowest BCUT2D eigenvalue weighted by Crippen LogP contribution is -2.47. The van der Waals surface area contributed by atoms with Gasteiger partial charge in [-0.15, -0.1) is 0 Å². The minimum Gasteiger partial charge on any atom is -0.481 e. The van der Waals surface area contributed by atoms with Crippen molar-refractivity contribution >= 4 is 5.97 Å². The van der Waals surface area contributed by atoms with Gasteiger partial charge in [0.25, 0.3) is 0 Å². The number of piperidine rings is 1. The molecule has 1 spiro atoms. The average molecular weight is 267 g/mol. The topological polar surface area (TPSA) is 58.6 Å². The van der Waals surface area contributed by atoms with Crippen LogP contribution >= 0.6 is 0 Å². The summed E-state index contributed by atoms with van der Waals surface area (Å²) in [6.45, 7) is 1.56. The molecule has 3 aliphatic rings. The molecule has 2 N–H and O–H groups in total. The zero-order chi connectivity index (χ0) is 13.3. The Balaban J connectivity index is 1.65. The van der Waals surface area contributed by atoms with E-state index in [2.05, 4.69) is 5.32 Å². The number of nitrogens with one attached hydrogen (secondary N) is 1. The Hall–Kier alpha value is -0.610. The van der Waals surface area contributed by atoms with Crippen LogP contribution in [0.1, 0.15) is 57.8 Å². The number of carbonyl (C=O) groups is 1. The molecule has 0 aromatic carbocycles. The normalized spacial score (nSPS) is 37.8. The molecule has 4 nitrogen and oxygen atoms in total. The second kappa shape index (κ2) is 5.06. The number of aliphatic carboxylic acids is 1. The molecular formula is C15H25NO3. The highest BCUT2D eigenvalue weighted by Crippen LogP contribution is 2.46. The van der Waals surface area contributed by atoms with Crippen LogP contribution in [-0.2, 0) is 9.53 Å². The molecule has 0 aromatic heterocycles. The lowest BCUT2D eigenvalue weighted by atomic mass is 9.76. The van der Waals surface area contributed by atoms with E-state index in [1.807, 2.05) is 0 Å². The summed E-state index contributed by atoms with van der Waals surface area (Å²) in [5, 5.41) is 12.9. The average Bonchev–Trinajstić information content (AvgIpc) is 3.01. The number of carboxylic acid groups (broad SMARTS) is 1. The van der Waals surface area contributed by atoms with Crippen LogP contribution in [-0.4, -0.2) is 35.9 Å². The minimum absolute atomic E-state index is 0.118. The van der Waals surface area contributed by atoms with Gasteiger partial charge in [0.15, 0.2) is 0 Å². The fraction of sp³-hybridized carbons (Fsp3) is 0.933. The van der Waals surface area contributed by atoms with E-state index in [1.54, 1.807) is 0 Å². The first kappa shape index (κ1) is 13.4. The SMILES string of the molecule is O=C(O)C1(CC2CCC3(CCCC3)O2)CCCNC1. The van der Waals surface area contributed by atoms with E-state index in [-0.39, 0.29) is 11.7 Å². The predicted molar refractivity (Wildman–Crippen MR) is 72.1 cm³/mol. The molecule has 0 radical (unpaired) electrons. The fourth-order valence-electron chi connectivity index (χ4n) is 4.27. The summed E-state index contributed by atoms with van der Waals surface area (Å²) in [6.07, 6.45) is 9.72. The highest BCUT2D eigenvalue weighted by atomic mass is 16.5. The molecule has 108 valence electrons. The van der Waals surface area contributed by atoms with Gasteiger partial charge in [0.1, 0.15) is 0 Å². The number of carboxylic acids is 1. The second-order valence-corrected chi connectivity index (χ2v) is 6.74. The van der Waals surface area contributed by atoms with Gasteiger partial charge in [0, 0.05) is 6.54 Å². The summed E-state index contributed by atoms with van der Waals surface area (Å²) in [6, 6.07) is 0. The largest absolute Gasteiger partial charge is 0.481 e.